The lowest BCUT2D eigenvalue weighted by Gasteiger charge is -2.04. The molecule has 0 spiro atoms. The monoisotopic (exact) mass is 150 g/mol. The van der Waals surface area contributed by atoms with E-state index in [0.29, 0.717) is 0 Å². The Morgan fingerprint density at radius 2 is 2.36 bits per heavy atom. The van der Waals surface area contributed by atoms with Crippen LogP contribution in [-0.2, 0) is 13.0 Å². The molecule has 1 heterocycles. The summed E-state index contributed by atoms with van der Waals surface area (Å²) in [4.78, 5) is 4.28. The van der Waals surface area contributed by atoms with Crippen molar-refractivity contribution in [2.75, 3.05) is 7.05 Å². The molecule has 0 saturated carbocycles. The first-order chi connectivity index (χ1) is 5.38. The van der Waals surface area contributed by atoms with Gasteiger partial charge in [0.25, 0.3) is 0 Å². The van der Waals surface area contributed by atoms with Crippen LogP contribution in [0.2, 0.25) is 0 Å². The number of nitrogens with one attached hydrogen (secondary N) is 1. The van der Waals surface area contributed by atoms with Gasteiger partial charge < -0.3 is 5.32 Å². The van der Waals surface area contributed by atoms with Gasteiger partial charge in [-0.2, -0.15) is 0 Å². The molecule has 0 amide bonds. The van der Waals surface area contributed by atoms with E-state index in [9.17, 15) is 0 Å². The Balaban J connectivity index is 2.83. The van der Waals surface area contributed by atoms with Crippen molar-refractivity contribution >= 4 is 0 Å². The Morgan fingerprint density at radius 1 is 1.55 bits per heavy atom. The molecular weight excluding hydrogens is 136 g/mol. The topological polar surface area (TPSA) is 24.9 Å². The minimum Gasteiger partial charge on any atom is -0.314 e. The molecule has 0 aliphatic rings. The smallest absolute Gasteiger partial charge is 0.0573 e. The van der Waals surface area contributed by atoms with E-state index < -0.39 is 0 Å². The van der Waals surface area contributed by atoms with Crippen molar-refractivity contribution in [1.29, 1.82) is 0 Å². The first kappa shape index (κ1) is 8.21. The quantitative estimate of drug-likeness (QED) is 0.703. The molecule has 1 aromatic heterocycles. The fourth-order valence-electron chi connectivity index (χ4n) is 1.12. The van der Waals surface area contributed by atoms with Crippen LogP contribution in [0.15, 0.2) is 18.3 Å². The molecule has 0 saturated heterocycles. The standard InChI is InChI=1S/C9H14N2/c1-3-8-5-4-6-11-9(8)7-10-2/h4-6,10H,3,7H2,1-2H3. The molecule has 11 heavy (non-hydrogen) atoms. The SMILES string of the molecule is CCc1cccnc1CNC. The van der Waals surface area contributed by atoms with Gasteiger partial charge in [0.15, 0.2) is 0 Å². The number of nitrogens with zero attached hydrogens (tertiary/aromatic N) is 1. The van der Waals surface area contributed by atoms with E-state index in [1.165, 1.54) is 5.56 Å². The van der Waals surface area contributed by atoms with Crippen molar-refractivity contribution in [3.63, 3.8) is 0 Å². The third-order valence-corrected chi connectivity index (χ3v) is 1.71. The van der Waals surface area contributed by atoms with E-state index in [2.05, 4.69) is 23.3 Å². The predicted molar refractivity (Wildman–Crippen MR) is 46.4 cm³/mol. The first-order valence-electron chi connectivity index (χ1n) is 3.95. The minimum atomic E-state index is 0.865. The lowest BCUT2D eigenvalue weighted by Crippen LogP contribution is -2.09. The molecule has 2 heteroatoms. The highest BCUT2D eigenvalue weighted by molar-refractivity contribution is 5.19. The second-order valence-electron chi connectivity index (χ2n) is 2.49. The molecule has 0 aromatic carbocycles. The van der Waals surface area contributed by atoms with Crippen LogP contribution in [0.25, 0.3) is 0 Å². The number of hydrogen-bond acceptors (Lipinski definition) is 2. The highest BCUT2D eigenvalue weighted by Gasteiger charge is 1.97. The maximum Gasteiger partial charge on any atom is 0.0573 e. The summed E-state index contributed by atoms with van der Waals surface area (Å²) in [6, 6.07) is 4.11. The van der Waals surface area contributed by atoms with Crippen molar-refractivity contribution in [2.24, 2.45) is 0 Å². The van der Waals surface area contributed by atoms with Crippen LogP contribution in [0, 0.1) is 0 Å². The Labute approximate surface area is 67.7 Å². The van der Waals surface area contributed by atoms with Gasteiger partial charge in [-0.05, 0) is 25.1 Å². The summed E-state index contributed by atoms with van der Waals surface area (Å²) >= 11 is 0. The maximum atomic E-state index is 4.28. The minimum absolute atomic E-state index is 0.865. The Hall–Kier alpha value is -0.890. The molecule has 0 aliphatic heterocycles. The van der Waals surface area contributed by atoms with Gasteiger partial charge in [-0.1, -0.05) is 13.0 Å². The van der Waals surface area contributed by atoms with Crippen molar-refractivity contribution in [3.05, 3.63) is 29.6 Å². The third kappa shape index (κ3) is 2.02. The van der Waals surface area contributed by atoms with Crippen LogP contribution in [0.1, 0.15) is 18.2 Å². The van der Waals surface area contributed by atoms with Gasteiger partial charge >= 0.3 is 0 Å². The molecule has 0 fully saturated rings. The van der Waals surface area contributed by atoms with Gasteiger partial charge in [-0.15, -0.1) is 0 Å². The van der Waals surface area contributed by atoms with E-state index in [-0.39, 0.29) is 0 Å². The first-order valence-corrected chi connectivity index (χ1v) is 3.95. The number of rotatable bonds is 3. The van der Waals surface area contributed by atoms with Crippen molar-refractivity contribution in [2.45, 2.75) is 19.9 Å². The van der Waals surface area contributed by atoms with E-state index in [4.69, 9.17) is 0 Å². The summed E-state index contributed by atoms with van der Waals surface area (Å²) in [5, 5.41) is 3.10. The lowest BCUT2D eigenvalue weighted by molar-refractivity contribution is 0.777. The average molecular weight is 150 g/mol. The molecule has 1 rings (SSSR count). The van der Waals surface area contributed by atoms with Gasteiger partial charge in [0.2, 0.25) is 0 Å². The van der Waals surface area contributed by atoms with Crippen LogP contribution in [0.3, 0.4) is 0 Å². The number of aryl methyl sites for hydroxylation is 1. The van der Waals surface area contributed by atoms with Crippen molar-refractivity contribution in [3.8, 4) is 0 Å². The normalized spacial score (nSPS) is 10.0. The molecular formula is C9H14N2. The third-order valence-electron chi connectivity index (χ3n) is 1.71. The average Bonchev–Trinajstić information content (AvgIpc) is 2.06. The van der Waals surface area contributed by atoms with Crippen LogP contribution < -0.4 is 5.32 Å². The van der Waals surface area contributed by atoms with E-state index >= 15 is 0 Å². The molecule has 0 unspecified atom stereocenters. The van der Waals surface area contributed by atoms with Crippen molar-refractivity contribution in [1.82, 2.24) is 10.3 Å². The van der Waals surface area contributed by atoms with Crippen LogP contribution in [0.5, 0.6) is 0 Å². The predicted octanol–water partition coefficient (Wildman–Crippen LogP) is 1.36. The summed E-state index contributed by atoms with van der Waals surface area (Å²) in [7, 11) is 1.94. The van der Waals surface area contributed by atoms with Gasteiger partial charge in [0, 0.05) is 12.7 Å². The zero-order valence-electron chi connectivity index (χ0n) is 7.09. The number of hydrogen-bond donors (Lipinski definition) is 1. The second kappa shape index (κ2) is 4.09. The maximum absolute atomic E-state index is 4.28. The highest BCUT2D eigenvalue weighted by Crippen LogP contribution is 2.04. The van der Waals surface area contributed by atoms with Gasteiger partial charge in [-0.25, -0.2) is 0 Å². The zero-order chi connectivity index (χ0) is 8.10. The largest absolute Gasteiger partial charge is 0.314 e. The number of pyridine rings is 1. The van der Waals surface area contributed by atoms with Crippen molar-refractivity contribution < 1.29 is 0 Å². The fraction of sp³-hybridized carbons (Fsp3) is 0.444. The Morgan fingerprint density at radius 3 is 3.00 bits per heavy atom. The Kier molecular flexibility index (Phi) is 3.05. The summed E-state index contributed by atoms with van der Waals surface area (Å²) in [5.74, 6) is 0. The summed E-state index contributed by atoms with van der Waals surface area (Å²) in [5.41, 5.74) is 2.50. The van der Waals surface area contributed by atoms with Crippen LogP contribution in [-0.4, -0.2) is 12.0 Å². The molecule has 0 bridgehead atoms. The zero-order valence-corrected chi connectivity index (χ0v) is 7.09. The molecule has 0 aliphatic carbocycles. The van der Waals surface area contributed by atoms with E-state index in [0.717, 1.165) is 18.7 Å². The summed E-state index contributed by atoms with van der Waals surface area (Å²) < 4.78 is 0. The van der Waals surface area contributed by atoms with Crippen LogP contribution in [0.4, 0.5) is 0 Å². The summed E-state index contributed by atoms with van der Waals surface area (Å²) in [6.07, 6.45) is 2.90. The molecule has 60 valence electrons. The molecule has 0 radical (unpaired) electrons. The second-order valence-corrected chi connectivity index (χ2v) is 2.49. The van der Waals surface area contributed by atoms with E-state index in [1.54, 1.807) is 0 Å². The van der Waals surface area contributed by atoms with Crippen LogP contribution >= 0.6 is 0 Å². The van der Waals surface area contributed by atoms with Gasteiger partial charge in [0.05, 0.1) is 5.69 Å². The molecule has 1 N–H and O–H groups in total. The molecule has 2 nitrogen and oxygen atoms in total. The highest BCUT2D eigenvalue weighted by atomic mass is 14.8. The lowest BCUT2D eigenvalue weighted by atomic mass is 10.1. The van der Waals surface area contributed by atoms with Gasteiger partial charge in [-0.3, -0.25) is 4.98 Å². The fourth-order valence-corrected chi connectivity index (χ4v) is 1.12. The molecule has 1 aromatic rings. The summed E-state index contributed by atoms with van der Waals surface area (Å²) in [6.45, 7) is 3.01. The molecule has 0 atom stereocenters. The van der Waals surface area contributed by atoms with Gasteiger partial charge in [0.1, 0.15) is 0 Å². The number of aromatic nitrogens is 1. The van der Waals surface area contributed by atoms with E-state index in [1.807, 2.05) is 19.3 Å². The Bertz CT molecular complexity index is 221.